The second-order valence-electron chi connectivity index (χ2n) is 7.61. The van der Waals surface area contributed by atoms with E-state index in [1.54, 1.807) is 42.5 Å². The van der Waals surface area contributed by atoms with Crippen molar-refractivity contribution in [3.63, 3.8) is 0 Å². The number of hydrogen-bond acceptors (Lipinski definition) is 6. The van der Waals surface area contributed by atoms with Gasteiger partial charge in [0.15, 0.2) is 17.3 Å². The molecule has 0 radical (unpaired) electrons. The van der Waals surface area contributed by atoms with Crippen molar-refractivity contribution >= 4 is 29.2 Å². The van der Waals surface area contributed by atoms with Gasteiger partial charge in [-0.25, -0.2) is 4.79 Å². The molecule has 7 nitrogen and oxygen atoms in total. The minimum Gasteiger partial charge on any atom is -0.486 e. The van der Waals surface area contributed by atoms with Crippen LogP contribution in [0, 0.1) is 5.92 Å². The van der Waals surface area contributed by atoms with Crippen molar-refractivity contribution in [1.82, 2.24) is 4.90 Å². The molecule has 4 rings (SSSR count). The maximum atomic E-state index is 12.6. The number of benzene rings is 2. The molecule has 2 aromatic rings. The number of hydrogen-bond donors (Lipinski definition) is 1. The zero-order valence-electron chi connectivity index (χ0n) is 17.1. The summed E-state index contributed by atoms with van der Waals surface area (Å²) >= 11 is 5.90. The third kappa shape index (κ3) is 5.68. The van der Waals surface area contributed by atoms with Crippen LogP contribution in [0.5, 0.6) is 11.5 Å². The first kappa shape index (κ1) is 21.5. The quantitative estimate of drug-likeness (QED) is 0.671. The Labute approximate surface area is 186 Å². The van der Waals surface area contributed by atoms with Crippen molar-refractivity contribution in [3.8, 4) is 11.5 Å². The van der Waals surface area contributed by atoms with Gasteiger partial charge in [0.2, 0.25) is 0 Å². The van der Waals surface area contributed by atoms with E-state index < -0.39 is 6.09 Å². The fraction of sp³-hybridized carbons (Fsp3) is 0.391. The van der Waals surface area contributed by atoms with E-state index in [-0.39, 0.29) is 18.3 Å². The molecule has 2 aliphatic heterocycles. The van der Waals surface area contributed by atoms with Gasteiger partial charge in [0.1, 0.15) is 19.8 Å². The zero-order chi connectivity index (χ0) is 21.6. The number of anilines is 1. The second kappa shape index (κ2) is 10.0. The van der Waals surface area contributed by atoms with Crippen molar-refractivity contribution in [3.05, 3.63) is 53.1 Å². The summed E-state index contributed by atoms with van der Waals surface area (Å²) in [6, 6.07) is 12.3. The monoisotopic (exact) mass is 444 g/mol. The number of carbonyl (C=O) groups is 2. The molecule has 2 aliphatic rings. The number of Topliss-reactive ketones (excluding diaryl/α,β-unsaturated/α-hetero) is 1. The van der Waals surface area contributed by atoms with Gasteiger partial charge in [-0.05, 0) is 62.3 Å². The maximum Gasteiger partial charge on any atom is 0.411 e. The first-order valence-electron chi connectivity index (χ1n) is 10.4. The summed E-state index contributed by atoms with van der Waals surface area (Å²) in [5.41, 5.74) is 1.30. The van der Waals surface area contributed by atoms with Crippen molar-refractivity contribution < 1.29 is 23.8 Å². The molecule has 8 heteroatoms. The Morgan fingerprint density at radius 2 is 1.74 bits per heavy atom. The molecule has 1 amide bonds. The molecule has 1 saturated heterocycles. The number of nitrogens with zero attached hydrogens (tertiary/aromatic N) is 1. The number of halogens is 1. The van der Waals surface area contributed by atoms with Crippen molar-refractivity contribution in [2.45, 2.75) is 12.8 Å². The highest BCUT2D eigenvalue weighted by atomic mass is 35.5. The number of nitrogens with one attached hydrogen (secondary N) is 1. The van der Waals surface area contributed by atoms with E-state index in [1.807, 2.05) is 0 Å². The lowest BCUT2D eigenvalue weighted by Crippen LogP contribution is -2.38. The average Bonchev–Trinajstić information content (AvgIpc) is 2.79. The molecule has 0 aromatic heterocycles. The summed E-state index contributed by atoms with van der Waals surface area (Å²) in [5, 5.41) is 3.33. The number of likely N-dealkylation sites (tertiary alicyclic amines) is 1. The summed E-state index contributed by atoms with van der Waals surface area (Å²) in [4.78, 5) is 26.9. The van der Waals surface area contributed by atoms with E-state index >= 15 is 0 Å². The van der Waals surface area contributed by atoms with Crippen LogP contribution in [0.3, 0.4) is 0 Å². The number of ether oxygens (including phenoxy) is 3. The molecule has 0 spiro atoms. The fourth-order valence-corrected chi connectivity index (χ4v) is 3.94. The van der Waals surface area contributed by atoms with E-state index in [2.05, 4.69) is 10.2 Å². The van der Waals surface area contributed by atoms with Crippen LogP contribution < -0.4 is 14.8 Å². The lowest BCUT2D eigenvalue weighted by Gasteiger charge is -2.31. The molecule has 1 fully saturated rings. The molecule has 0 unspecified atom stereocenters. The molecule has 1 N–H and O–H groups in total. The standard InChI is InChI=1S/C23H25ClN2O5/c24-18-3-1-16(2-4-18)22(27)17-7-9-26(10-8-17)11-12-31-23(28)25-19-5-6-20-21(15-19)30-14-13-29-20/h1-6,15,17H,7-14H2,(H,25,28). The zero-order valence-corrected chi connectivity index (χ0v) is 17.9. The Bertz CT molecular complexity index is 926. The minimum atomic E-state index is -0.510. The Morgan fingerprint density at radius 3 is 2.48 bits per heavy atom. The van der Waals surface area contributed by atoms with Crippen LogP contribution >= 0.6 is 11.6 Å². The number of ketones is 1. The van der Waals surface area contributed by atoms with Crippen molar-refractivity contribution in [2.75, 3.05) is 44.8 Å². The van der Waals surface area contributed by atoms with E-state index in [0.29, 0.717) is 47.5 Å². The maximum absolute atomic E-state index is 12.6. The molecule has 2 heterocycles. The molecule has 0 atom stereocenters. The van der Waals surface area contributed by atoms with E-state index in [0.717, 1.165) is 25.9 Å². The summed E-state index contributed by atoms with van der Waals surface area (Å²) in [6.07, 6.45) is 1.08. The van der Waals surface area contributed by atoms with Crippen molar-refractivity contribution in [1.29, 1.82) is 0 Å². The SMILES string of the molecule is O=C(Nc1ccc2c(c1)OCCO2)OCCN1CCC(C(=O)c2ccc(Cl)cc2)CC1. The van der Waals surface area contributed by atoms with E-state index in [9.17, 15) is 9.59 Å². The second-order valence-corrected chi connectivity index (χ2v) is 8.04. The topological polar surface area (TPSA) is 77.1 Å². The van der Waals surface area contributed by atoms with Gasteiger partial charge in [-0.3, -0.25) is 15.0 Å². The Hall–Kier alpha value is -2.77. The lowest BCUT2D eigenvalue weighted by atomic mass is 9.89. The Kier molecular flexibility index (Phi) is 6.94. The Morgan fingerprint density at radius 1 is 1.03 bits per heavy atom. The normalized spacial score (nSPS) is 16.5. The number of fused-ring (bicyclic) bond motifs is 1. The summed E-state index contributed by atoms with van der Waals surface area (Å²) in [5.74, 6) is 1.48. The van der Waals surface area contributed by atoms with Gasteiger partial charge in [0, 0.05) is 34.8 Å². The van der Waals surface area contributed by atoms with E-state index in [4.69, 9.17) is 25.8 Å². The fourth-order valence-electron chi connectivity index (χ4n) is 3.81. The number of rotatable bonds is 6. The van der Waals surface area contributed by atoms with Crippen LogP contribution in [0.15, 0.2) is 42.5 Å². The van der Waals surface area contributed by atoms with Crippen LogP contribution in [-0.4, -0.2) is 56.2 Å². The number of piperidine rings is 1. The first-order valence-corrected chi connectivity index (χ1v) is 10.8. The van der Waals surface area contributed by atoms with Gasteiger partial charge in [-0.2, -0.15) is 0 Å². The molecule has 2 aromatic carbocycles. The van der Waals surface area contributed by atoms with Crippen LogP contribution in [0.1, 0.15) is 23.2 Å². The highest BCUT2D eigenvalue weighted by molar-refractivity contribution is 6.30. The largest absolute Gasteiger partial charge is 0.486 e. The van der Waals surface area contributed by atoms with Crippen LogP contribution in [0.25, 0.3) is 0 Å². The van der Waals surface area contributed by atoms with Crippen LogP contribution in [-0.2, 0) is 4.74 Å². The van der Waals surface area contributed by atoms with Gasteiger partial charge >= 0.3 is 6.09 Å². The predicted octanol–water partition coefficient (Wildman–Crippen LogP) is 4.25. The molecule has 0 bridgehead atoms. The summed E-state index contributed by atoms with van der Waals surface area (Å²) in [6.45, 7) is 3.54. The van der Waals surface area contributed by atoms with Crippen LogP contribution in [0.2, 0.25) is 5.02 Å². The molecule has 31 heavy (non-hydrogen) atoms. The molecule has 0 aliphatic carbocycles. The first-order chi connectivity index (χ1) is 15.1. The summed E-state index contributed by atoms with van der Waals surface area (Å²) in [7, 11) is 0. The van der Waals surface area contributed by atoms with Gasteiger partial charge in [-0.15, -0.1) is 0 Å². The lowest BCUT2D eigenvalue weighted by molar-refractivity contribution is 0.0813. The minimum absolute atomic E-state index is 0.0249. The molecular weight excluding hydrogens is 420 g/mol. The third-order valence-electron chi connectivity index (χ3n) is 5.52. The predicted molar refractivity (Wildman–Crippen MR) is 117 cm³/mol. The molecular formula is C23H25ClN2O5. The third-order valence-corrected chi connectivity index (χ3v) is 5.77. The van der Waals surface area contributed by atoms with Gasteiger partial charge < -0.3 is 14.2 Å². The highest BCUT2D eigenvalue weighted by Gasteiger charge is 2.25. The van der Waals surface area contributed by atoms with Crippen LogP contribution in [0.4, 0.5) is 10.5 Å². The smallest absolute Gasteiger partial charge is 0.411 e. The van der Waals surface area contributed by atoms with Crippen molar-refractivity contribution in [2.24, 2.45) is 5.92 Å². The molecule has 164 valence electrons. The molecule has 0 saturated carbocycles. The van der Waals surface area contributed by atoms with Gasteiger partial charge in [0.25, 0.3) is 0 Å². The number of amides is 1. The summed E-state index contributed by atoms with van der Waals surface area (Å²) < 4.78 is 16.3. The highest BCUT2D eigenvalue weighted by Crippen LogP contribution is 2.32. The van der Waals surface area contributed by atoms with Gasteiger partial charge in [-0.1, -0.05) is 11.6 Å². The van der Waals surface area contributed by atoms with Gasteiger partial charge in [0.05, 0.1) is 0 Å². The average molecular weight is 445 g/mol. The number of carbonyl (C=O) groups excluding carboxylic acids is 2. The van der Waals surface area contributed by atoms with E-state index in [1.165, 1.54) is 0 Å². The Balaban J connectivity index is 1.17.